The molecule has 1 unspecified atom stereocenters. The van der Waals surface area contributed by atoms with Gasteiger partial charge in [0, 0.05) is 19.1 Å². The normalized spacial score (nSPS) is 23.6. The Balaban J connectivity index is 1.92. The fraction of sp³-hybridized carbons (Fsp3) is 0.538. The second-order valence-electron chi connectivity index (χ2n) is 4.76. The van der Waals surface area contributed by atoms with Crippen molar-refractivity contribution in [2.75, 3.05) is 19.6 Å². The summed E-state index contributed by atoms with van der Waals surface area (Å²) in [5.41, 5.74) is 7.06. The minimum absolute atomic E-state index is 0.167. The van der Waals surface area contributed by atoms with Gasteiger partial charge in [-0.2, -0.15) is 0 Å². The van der Waals surface area contributed by atoms with Crippen molar-refractivity contribution >= 4 is 0 Å². The van der Waals surface area contributed by atoms with Gasteiger partial charge in [-0.3, -0.25) is 0 Å². The summed E-state index contributed by atoms with van der Waals surface area (Å²) in [4.78, 5) is 2.39. The van der Waals surface area contributed by atoms with Crippen LogP contribution in [0.15, 0.2) is 24.3 Å². The number of halogens is 1. The summed E-state index contributed by atoms with van der Waals surface area (Å²) in [6, 6.07) is 7.13. The lowest BCUT2D eigenvalue weighted by Gasteiger charge is -2.20. The lowest BCUT2D eigenvalue weighted by molar-refractivity contribution is 0.316. The average Bonchev–Trinajstić information content (AvgIpc) is 2.65. The van der Waals surface area contributed by atoms with Gasteiger partial charge in [0.2, 0.25) is 0 Å². The van der Waals surface area contributed by atoms with E-state index in [2.05, 4.69) is 11.8 Å². The molecule has 1 heterocycles. The van der Waals surface area contributed by atoms with Gasteiger partial charge in [0.15, 0.2) is 0 Å². The van der Waals surface area contributed by atoms with Gasteiger partial charge in [0.05, 0.1) is 0 Å². The van der Waals surface area contributed by atoms with E-state index in [1.807, 2.05) is 12.1 Å². The molecule has 0 amide bonds. The van der Waals surface area contributed by atoms with Gasteiger partial charge < -0.3 is 10.6 Å². The van der Waals surface area contributed by atoms with Crippen molar-refractivity contribution in [1.82, 2.24) is 4.90 Å². The molecule has 0 aromatic heterocycles. The molecule has 0 aliphatic carbocycles. The predicted octanol–water partition coefficient (Wildman–Crippen LogP) is 1.96. The molecule has 1 saturated heterocycles. The first-order chi connectivity index (χ1) is 7.65. The maximum absolute atomic E-state index is 12.8. The summed E-state index contributed by atoms with van der Waals surface area (Å²) >= 11 is 0. The summed E-state index contributed by atoms with van der Waals surface area (Å²) in [5, 5.41) is 0. The first-order valence-corrected chi connectivity index (χ1v) is 5.88. The van der Waals surface area contributed by atoms with Crippen LogP contribution in [-0.2, 0) is 0 Å². The molecule has 0 radical (unpaired) electrons. The van der Waals surface area contributed by atoms with Crippen LogP contribution in [0.3, 0.4) is 0 Å². The van der Waals surface area contributed by atoms with E-state index in [0.29, 0.717) is 12.0 Å². The fourth-order valence-electron chi connectivity index (χ4n) is 2.31. The second-order valence-corrected chi connectivity index (χ2v) is 4.76. The topological polar surface area (TPSA) is 29.3 Å². The van der Waals surface area contributed by atoms with Gasteiger partial charge in [-0.05, 0) is 36.6 Å². The highest BCUT2D eigenvalue weighted by molar-refractivity contribution is 5.20. The van der Waals surface area contributed by atoms with E-state index >= 15 is 0 Å². The van der Waals surface area contributed by atoms with E-state index in [1.165, 1.54) is 17.7 Å². The van der Waals surface area contributed by atoms with Crippen molar-refractivity contribution in [2.45, 2.75) is 25.3 Å². The molecule has 1 aliphatic heterocycles. The van der Waals surface area contributed by atoms with Gasteiger partial charge in [-0.25, -0.2) is 4.39 Å². The summed E-state index contributed by atoms with van der Waals surface area (Å²) in [7, 11) is 0. The summed E-state index contributed by atoms with van der Waals surface area (Å²) in [5.74, 6) is 0.269. The Kier molecular flexibility index (Phi) is 3.56. The fourth-order valence-corrected chi connectivity index (χ4v) is 2.31. The third kappa shape index (κ3) is 2.80. The quantitative estimate of drug-likeness (QED) is 0.847. The molecule has 3 heteroatoms. The van der Waals surface area contributed by atoms with E-state index in [0.717, 1.165) is 26.1 Å². The zero-order chi connectivity index (χ0) is 11.5. The number of rotatable bonds is 3. The monoisotopic (exact) mass is 222 g/mol. The molecule has 2 nitrogen and oxygen atoms in total. The minimum Gasteiger partial charge on any atom is -0.326 e. The van der Waals surface area contributed by atoms with Crippen LogP contribution < -0.4 is 5.73 Å². The molecule has 2 N–H and O–H groups in total. The molecule has 1 aromatic rings. The van der Waals surface area contributed by atoms with Gasteiger partial charge in [-0.1, -0.05) is 19.1 Å². The Morgan fingerprint density at radius 3 is 2.69 bits per heavy atom. The number of nitrogens with two attached hydrogens (primary N) is 1. The average molecular weight is 222 g/mol. The number of hydrogen-bond acceptors (Lipinski definition) is 2. The highest BCUT2D eigenvalue weighted by atomic mass is 19.1. The molecule has 1 fully saturated rings. The maximum Gasteiger partial charge on any atom is 0.123 e. The molecule has 16 heavy (non-hydrogen) atoms. The molecule has 0 saturated carbocycles. The summed E-state index contributed by atoms with van der Waals surface area (Å²) < 4.78 is 12.8. The van der Waals surface area contributed by atoms with Crippen molar-refractivity contribution in [1.29, 1.82) is 0 Å². The number of benzene rings is 1. The lowest BCUT2D eigenvalue weighted by Crippen LogP contribution is -2.29. The van der Waals surface area contributed by atoms with Crippen molar-refractivity contribution in [3.8, 4) is 0 Å². The number of hydrogen-bond donors (Lipinski definition) is 1. The Labute approximate surface area is 96.2 Å². The lowest BCUT2D eigenvalue weighted by atomic mass is 10.0. The Morgan fingerprint density at radius 2 is 2.12 bits per heavy atom. The van der Waals surface area contributed by atoms with Crippen LogP contribution in [-0.4, -0.2) is 30.6 Å². The van der Waals surface area contributed by atoms with Crippen LogP contribution in [0.1, 0.15) is 24.8 Å². The zero-order valence-corrected chi connectivity index (χ0v) is 9.70. The molecule has 2 atom stereocenters. The summed E-state index contributed by atoms with van der Waals surface area (Å²) in [6.07, 6.45) is 1.09. The van der Waals surface area contributed by atoms with Gasteiger partial charge in [0.25, 0.3) is 0 Å². The van der Waals surface area contributed by atoms with Crippen LogP contribution in [0.2, 0.25) is 0 Å². The SMILES string of the molecule is CC(CN1CC[C@H](N)C1)c1ccc(F)cc1. The van der Waals surface area contributed by atoms with Crippen LogP contribution in [0.4, 0.5) is 4.39 Å². The molecule has 2 rings (SSSR count). The highest BCUT2D eigenvalue weighted by Gasteiger charge is 2.20. The van der Waals surface area contributed by atoms with Crippen molar-refractivity contribution in [3.63, 3.8) is 0 Å². The van der Waals surface area contributed by atoms with Crippen molar-refractivity contribution < 1.29 is 4.39 Å². The largest absolute Gasteiger partial charge is 0.326 e. The first-order valence-electron chi connectivity index (χ1n) is 5.88. The smallest absolute Gasteiger partial charge is 0.123 e. The van der Waals surface area contributed by atoms with E-state index < -0.39 is 0 Å². The van der Waals surface area contributed by atoms with Crippen LogP contribution >= 0.6 is 0 Å². The highest BCUT2D eigenvalue weighted by Crippen LogP contribution is 2.19. The third-order valence-electron chi connectivity index (χ3n) is 3.28. The minimum atomic E-state index is -0.167. The standard InChI is InChI=1S/C13H19FN2/c1-10(8-16-7-6-13(15)9-16)11-2-4-12(14)5-3-11/h2-5,10,13H,6-9,15H2,1H3/t10?,13-/m0/s1. The predicted molar refractivity (Wildman–Crippen MR) is 63.8 cm³/mol. The van der Waals surface area contributed by atoms with E-state index in [9.17, 15) is 4.39 Å². The molecular formula is C13H19FN2. The second kappa shape index (κ2) is 4.93. The Morgan fingerprint density at radius 1 is 1.44 bits per heavy atom. The first kappa shape index (κ1) is 11.6. The van der Waals surface area contributed by atoms with Crippen LogP contribution in [0.5, 0.6) is 0 Å². The molecule has 1 aliphatic rings. The molecular weight excluding hydrogens is 203 g/mol. The number of likely N-dealkylation sites (tertiary alicyclic amines) is 1. The van der Waals surface area contributed by atoms with E-state index in [1.54, 1.807) is 0 Å². The molecule has 88 valence electrons. The van der Waals surface area contributed by atoms with E-state index in [4.69, 9.17) is 5.73 Å². The van der Waals surface area contributed by atoms with Crippen LogP contribution in [0, 0.1) is 5.82 Å². The van der Waals surface area contributed by atoms with Crippen molar-refractivity contribution in [3.05, 3.63) is 35.6 Å². The Bertz CT molecular complexity index is 336. The van der Waals surface area contributed by atoms with Crippen molar-refractivity contribution in [2.24, 2.45) is 5.73 Å². The Hall–Kier alpha value is -0.930. The zero-order valence-electron chi connectivity index (χ0n) is 9.70. The molecule has 0 spiro atoms. The molecule has 0 bridgehead atoms. The van der Waals surface area contributed by atoms with Gasteiger partial charge in [-0.15, -0.1) is 0 Å². The number of nitrogens with zero attached hydrogens (tertiary/aromatic N) is 1. The maximum atomic E-state index is 12.8. The third-order valence-corrected chi connectivity index (χ3v) is 3.28. The summed E-state index contributed by atoms with van der Waals surface area (Å²) in [6.45, 7) is 5.27. The molecule has 1 aromatic carbocycles. The van der Waals surface area contributed by atoms with E-state index in [-0.39, 0.29) is 5.82 Å². The van der Waals surface area contributed by atoms with Crippen LogP contribution in [0.25, 0.3) is 0 Å². The van der Waals surface area contributed by atoms with Gasteiger partial charge in [0.1, 0.15) is 5.82 Å². The van der Waals surface area contributed by atoms with Gasteiger partial charge >= 0.3 is 0 Å².